The summed E-state index contributed by atoms with van der Waals surface area (Å²) in [5.41, 5.74) is 0. The third-order valence-corrected chi connectivity index (χ3v) is 4.30. The van der Waals surface area contributed by atoms with Crippen molar-refractivity contribution in [1.82, 2.24) is 10.6 Å². The van der Waals surface area contributed by atoms with E-state index in [9.17, 15) is 4.79 Å². The van der Waals surface area contributed by atoms with E-state index in [4.69, 9.17) is 0 Å². The Bertz CT molecular complexity index is 248. The van der Waals surface area contributed by atoms with Gasteiger partial charge in [-0.05, 0) is 50.6 Å². The third kappa shape index (κ3) is 3.85. The van der Waals surface area contributed by atoms with Crippen molar-refractivity contribution in [1.29, 1.82) is 0 Å². The summed E-state index contributed by atoms with van der Waals surface area (Å²) in [6, 6.07) is 0.444. The Morgan fingerprint density at radius 2 is 1.82 bits per heavy atom. The first-order valence-electron chi connectivity index (χ1n) is 6.68. The molecular weight excluding hydrogens is 236 g/mol. The summed E-state index contributed by atoms with van der Waals surface area (Å²) in [6.07, 6.45) is 4.87. The van der Waals surface area contributed by atoms with Crippen LogP contribution in [0.25, 0.3) is 0 Å². The van der Waals surface area contributed by atoms with Gasteiger partial charge in [-0.2, -0.15) is 0 Å². The molecule has 1 aliphatic heterocycles. The third-order valence-electron chi connectivity index (χ3n) is 4.30. The Labute approximate surface area is 111 Å². The first-order chi connectivity index (χ1) is 7.66. The zero-order valence-corrected chi connectivity index (χ0v) is 11.7. The lowest BCUT2D eigenvalue weighted by Crippen LogP contribution is -2.51. The molecular formula is C13H25ClN2O. The Hall–Kier alpha value is -0.280. The van der Waals surface area contributed by atoms with Crippen molar-refractivity contribution in [3.63, 3.8) is 0 Å². The minimum absolute atomic E-state index is 0. The Morgan fingerprint density at radius 3 is 2.29 bits per heavy atom. The lowest BCUT2D eigenvalue weighted by Gasteiger charge is -2.34. The van der Waals surface area contributed by atoms with Crippen LogP contribution in [-0.4, -0.2) is 25.0 Å². The molecule has 17 heavy (non-hydrogen) atoms. The molecule has 2 rings (SSSR count). The van der Waals surface area contributed by atoms with E-state index in [0.717, 1.165) is 19.0 Å². The van der Waals surface area contributed by atoms with Gasteiger partial charge in [0.1, 0.15) is 0 Å². The zero-order chi connectivity index (χ0) is 11.5. The van der Waals surface area contributed by atoms with Crippen molar-refractivity contribution in [3.05, 3.63) is 0 Å². The summed E-state index contributed by atoms with van der Waals surface area (Å²) in [7, 11) is 0. The van der Waals surface area contributed by atoms with Crippen LogP contribution >= 0.6 is 12.4 Å². The summed E-state index contributed by atoms with van der Waals surface area (Å²) in [5, 5.41) is 6.45. The molecule has 0 aromatic carbocycles. The van der Waals surface area contributed by atoms with Crippen LogP contribution in [0.15, 0.2) is 0 Å². The Kier molecular flexibility index (Phi) is 5.74. The van der Waals surface area contributed by atoms with Gasteiger partial charge in [-0.25, -0.2) is 0 Å². The molecule has 1 atom stereocenters. The van der Waals surface area contributed by atoms with E-state index in [1.807, 2.05) is 0 Å². The highest BCUT2D eigenvalue weighted by Gasteiger charge is 2.30. The van der Waals surface area contributed by atoms with Crippen LogP contribution < -0.4 is 10.6 Å². The van der Waals surface area contributed by atoms with E-state index in [1.165, 1.54) is 25.7 Å². The van der Waals surface area contributed by atoms with Crippen molar-refractivity contribution in [2.75, 3.05) is 13.1 Å². The van der Waals surface area contributed by atoms with Crippen molar-refractivity contribution in [2.24, 2.45) is 17.8 Å². The lowest BCUT2D eigenvalue weighted by atomic mass is 9.85. The molecule has 100 valence electrons. The number of halogens is 1. The largest absolute Gasteiger partial charge is 0.353 e. The minimum atomic E-state index is 0. The molecule has 1 amide bonds. The smallest absolute Gasteiger partial charge is 0.223 e. The van der Waals surface area contributed by atoms with Crippen LogP contribution in [0.4, 0.5) is 0 Å². The van der Waals surface area contributed by atoms with Crippen molar-refractivity contribution in [3.8, 4) is 0 Å². The van der Waals surface area contributed by atoms with E-state index in [0.29, 0.717) is 12.0 Å². The number of hydrogen-bond acceptors (Lipinski definition) is 2. The second-order valence-electron chi connectivity index (χ2n) is 5.67. The van der Waals surface area contributed by atoms with Crippen LogP contribution in [0.3, 0.4) is 0 Å². The zero-order valence-electron chi connectivity index (χ0n) is 10.9. The molecule has 0 spiro atoms. The first-order valence-corrected chi connectivity index (χ1v) is 6.68. The number of rotatable bonds is 3. The van der Waals surface area contributed by atoms with Gasteiger partial charge in [0.2, 0.25) is 5.91 Å². The van der Waals surface area contributed by atoms with Gasteiger partial charge in [0.05, 0.1) is 0 Å². The Balaban J connectivity index is 0.00000144. The number of amides is 1. The van der Waals surface area contributed by atoms with Gasteiger partial charge in [0, 0.05) is 12.0 Å². The van der Waals surface area contributed by atoms with E-state index in [-0.39, 0.29) is 24.2 Å². The quantitative estimate of drug-likeness (QED) is 0.815. The molecule has 0 aromatic heterocycles. The van der Waals surface area contributed by atoms with E-state index in [2.05, 4.69) is 24.5 Å². The summed E-state index contributed by atoms with van der Waals surface area (Å²) in [5.74, 6) is 1.86. The molecule has 0 bridgehead atoms. The molecule has 4 heteroatoms. The average Bonchev–Trinajstić information content (AvgIpc) is 2.19. The molecule has 2 aliphatic rings. The fraction of sp³-hybridized carbons (Fsp3) is 0.923. The van der Waals surface area contributed by atoms with Gasteiger partial charge in [-0.3, -0.25) is 4.79 Å². The fourth-order valence-electron chi connectivity index (χ4n) is 2.62. The van der Waals surface area contributed by atoms with Gasteiger partial charge >= 0.3 is 0 Å². The molecule has 1 saturated heterocycles. The Morgan fingerprint density at radius 1 is 1.24 bits per heavy atom. The summed E-state index contributed by atoms with van der Waals surface area (Å²) < 4.78 is 0. The summed E-state index contributed by atoms with van der Waals surface area (Å²) >= 11 is 0. The standard InChI is InChI=1S/C13H24N2O.ClH/c1-9-3-5-12(6-4-9)15-13(16)10(2)11-7-14-8-11;/h9-12,14H,3-8H2,1-2H3,(H,15,16);1H. The van der Waals surface area contributed by atoms with Crippen LogP contribution in [0.5, 0.6) is 0 Å². The second kappa shape index (κ2) is 6.60. The molecule has 0 aromatic rings. The molecule has 0 radical (unpaired) electrons. The van der Waals surface area contributed by atoms with Crippen LogP contribution in [-0.2, 0) is 4.79 Å². The van der Waals surface area contributed by atoms with Crippen LogP contribution in [0.1, 0.15) is 39.5 Å². The molecule has 2 N–H and O–H groups in total. The predicted octanol–water partition coefficient (Wildman–Crippen LogP) is 1.96. The normalized spacial score (nSPS) is 30.9. The highest BCUT2D eigenvalue weighted by molar-refractivity contribution is 5.85. The second-order valence-corrected chi connectivity index (χ2v) is 5.67. The highest BCUT2D eigenvalue weighted by Crippen LogP contribution is 2.24. The molecule has 1 heterocycles. The number of carbonyl (C=O) groups is 1. The number of nitrogens with one attached hydrogen (secondary N) is 2. The van der Waals surface area contributed by atoms with Crippen LogP contribution in [0, 0.1) is 17.8 Å². The van der Waals surface area contributed by atoms with E-state index in [1.54, 1.807) is 0 Å². The minimum Gasteiger partial charge on any atom is -0.353 e. The van der Waals surface area contributed by atoms with Crippen molar-refractivity contribution >= 4 is 18.3 Å². The molecule has 1 aliphatic carbocycles. The van der Waals surface area contributed by atoms with E-state index < -0.39 is 0 Å². The molecule has 3 nitrogen and oxygen atoms in total. The molecule has 1 unspecified atom stereocenters. The summed E-state index contributed by atoms with van der Waals surface area (Å²) in [4.78, 5) is 12.0. The fourth-order valence-corrected chi connectivity index (χ4v) is 2.62. The molecule has 2 fully saturated rings. The van der Waals surface area contributed by atoms with Gasteiger partial charge < -0.3 is 10.6 Å². The maximum atomic E-state index is 12.0. The topological polar surface area (TPSA) is 41.1 Å². The SMILES string of the molecule is CC1CCC(NC(=O)C(C)C2CNC2)CC1.Cl. The van der Waals surface area contributed by atoms with Crippen molar-refractivity contribution < 1.29 is 4.79 Å². The average molecular weight is 261 g/mol. The highest BCUT2D eigenvalue weighted by atomic mass is 35.5. The van der Waals surface area contributed by atoms with Gasteiger partial charge in [-0.1, -0.05) is 13.8 Å². The predicted molar refractivity (Wildman–Crippen MR) is 72.3 cm³/mol. The van der Waals surface area contributed by atoms with Gasteiger partial charge in [0.25, 0.3) is 0 Å². The van der Waals surface area contributed by atoms with E-state index >= 15 is 0 Å². The maximum absolute atomic E-state index is 12.0. The maximum Gasteiger partial charge on any atom is 0.223 e. The molecule has 1 saturated carbocycles. The van der Waals surface area contributed by atoms with Gasteiger partial charge in [0.15, 0.2) is 0 Å². The first kappa shape index (κ1) is 14.8. The van der Waals surface area contributed by atoms with Gasteiger partial charge in [-0.15, -0.1) is 12.4 Å². The number of hydrogen-bond donors (Lipinski definition) is 2. The number of carbonyl (C=O) groups excluding carboxylic acids is 1. The lowest BCUT2D eigenvalue weighted by molar-refractivity contribution is -0.127. The van der Waals surface area contributed by atoms with Crippen molar-refractivity contribution in [2.45, 2.75) is 45.6 Å². The van der Waals surface area contributed by atoms with Crippen LogP contribution in [0.2, 0.25) is 0 Å². The summed E-state index contributed by atoms with van der Waals surface area (Å²) in [6.45, 7) is 6.39. The monoisotopic (exact) mass is 260 g/mol.